The average molecular weight is 268 g/mol. The summed E-state index contributed by atoms with van der Waals surface area (Å²) in [6, 6.07) is 3.10. The summed E-state index contributed by atoms with van der Waals surface area (Å²) in [6.45, 7) is 0. The maximum absolute atomic E-state index is 12.0. The van der Waals surface area contributed by atoms with Crippen LogP contribution < -0.4 is 0 Å². The lowest BCUT2D eigenvalue weighted by Gasteiger charge is -2.06. The smallest absolute Gasteiger partial charge is 0.289 e. The van der Waals surface area contributed by atoms with E-state index in [9.17, 15) is 28.1 Å². The molecule has 0 fully saturated rings. The highest BCUT2D eigenvalue weighted by atomic mass is 35.5. The molecule has 0 saturated carbocycles. The minimum Gasteiger partial charge on any atom is -0.289 e. The lowest BCUT2D eigenvalue weighted by Crippen LogP contribution is -2.24. The molecule has 1 rings (SSSR count). The largest absolute Gasteiger partial charge is 0.450 e. The molecule has 0 aliphatic heterocycles. The number of alkyl halides is 3. The van der Waals surface area contributed by atoms with E-state index < -0.39 is 29.0 Å². The second-order valence-electron chi connectivity index (χ2n) is 3.13. The van der Waals surface area contributed by atoms with Crippen molar-refractivity contribution in [1.29, 1.82) is 0 Å². The Morgan fingerprint density at radius 3 is 2.47 bits per heavy atom. The average Bonchev–Trinajstić information content (AvgIpc) is 2.15. The molecule has 0 unspecified atom stereocenters. The molecule has 0 aliphatic rings. The van der Waals surface area contributed by atoms with Gasteiger partial charge in [-0.15, -0.1) is 0 Å². The summed E-state index contributed by atoms with van der Waals surface area (Å²) in [6.07, 6.45) is -6.11. The van der Waals surface area contributed by atoms with Crippen molar-refractivity contribution in [3.8, 4) is 0 Å². The van der Waals surface area contributed by atoms with Crippen LogP contribution in [-0.4, -0.2) is 16.9 Å². The summed E-state index contributed by atoms with van der Waals surface area (Å²) in [5.41, 5.74) is -0.920. The number of carbonyl (C=O) groups is 1. The number of hydrogen-bond donors (Lipinski definition) is 0. The number of rotatable bonds is 3. The third-order valence-electron chi connectivity index (χ3n) is 1.91. The summed E-state index contributed by atoms with van der Waals surface area (Å²) in [5, 5.41) is 10.6. The molecule has 1 aromatic carbocycles. The predicted octanol–water partition coefficient (Wildman–Crippen LogP) is 2.92. The number of nitro groups is 1. The molecule has 0 amide bonds. The van der Waals surface area contributed by atoms with Crippen LogP contribution in [0.5, 0.6) is 0 Å². The van der Waals surface area contributed by atoms with Gasteiger partial charge in [0, 0.05) is 23.1 Å². The Bertz CT molecular complexity index is 473. The lowest BCUT2D eigenvalue weighted by atomic mass is 10.1. The minimum absolute atomic E-state index is 0.0283. The quantitative estimate of drug-likeness (QED) is 0.625. The van der Waals surface area contributed by atoms with Crippen molar-refractivity contribution < 1.29 is 22.9 Å². The Morgan fingerprint density at radius 1 is 1.41 bits per heavy atom. The zero-order valence-corrected chi connectivity index (χ0v) is 8.88. The van der Waals surface area contributed by atoms with Crippen molar-refractivity contribution in [2.45, 2.75) is 12.6 Å². The van der Waals surface area contributed by atoms with Crippen LogP contribution in [-0.2, 0) is 11.2 Å². The van der Waals surface area contributed by atoms with Crippen LogP contribution >= 0.6 is 11.6 Å². The van der Waals surface area contributed by atoms with Crippen molar-refractivity contribution in [3.05, 3.63) is 38.9 Å². The molecule has 4 nitrogen and oxygen atoms in total. The maximum atomic E-state index is 12.0. The fourth-order valence-corrected chi connectivity index (χ4v) is 1.34. The molecule has 0 radical (unpaired) electrons. The predicted molar refractivity (Wildman–Crippen MR) is 52.9 cm³/mol. The molecule has 0 N–H and O–H groups in total. The van der Waals surface area contributed by atoms with E-state index in [2.05, 4.69) is 0 Å². The number of benzene rings is 1. The Morgan fingerprint density at radius 2 is 2.00 bits per heavy atom. The first-order chi connectivity index (χ1) is 7.71. The van der Waals surface area contributed by atoms with Gasteiger partial charge in [0.25, 0.3) is 5.69 Å². The number of Topliss-reactive ketones (excluding diaryl/α,β-unsaturated/α-hetero) is 1. The van der Waals surface area contributed by atoms with E-state index >= 15 is 0 Å². The van der Waals surface area contributed by atoms with E-state index in [0.29, 0.717) is 0 Å². The second kappa shape index (κ2) is 4.70. The fourth-order valence-electron chi connectivity index (χ4n) is 1.15. The molecular weight excluding hydrogens is 263 g/mol. The van der Waals surface area contributed by atoms with Crippen LogP contribution in [0.15, 0.2) is 18.2 Å². The van der Waals surface area contributed by atoms with E-state index in [4.69, 9.17) is 11.6 Å². The Balaban J connectivity index is 3.09. The highest BCUT2D eigenvalue weighted by Crippen LogP contribution is 2.26. The van der Waals surface area contributed by atoms with Gasteiger partial charge in [-0.2, -0.15) is 13.2 Å². The highest BCUT2D eigenvalue weighted by Gasteiger charge is 2.38. The van der Waals surface area contributed by atoms with Gasteiger partial charge in [0.15, 0.2) is 0 Å². The van der Waals surface area contributed by atoms with Crippen molar-refractivity contribution in [2.24, 2.45) is 0 Å². The molecule has 0 bridgehead atoms. The first kappa shape index (κ1) is 13.4. The first-order valence-electron chi connectivity index (χ1n) is 4.24. The Labute approximate surface area is 98.1 Å². The Kier molecular flexibility index (Phi) is 3.72. The molecule has 92 valence electrons. The summed E-state index contributed by atoms with van der Waals surface area (Å²) in [4.78, 5) is 20.4. The normalized spacial score (nSPS) is 11.3. The van der Waals surface area contributed by atoms with Gasteiger partial charge >= 0.3 is 6.18 Å². The number of ketones is 1. The van der Waals surface area contributed by atoms with E-state index in [1.54, 1.807) is 0 Å². The van der Waals surface area contributed by atoms with Crippen molar-refractivity contribution in [3.63, 3.8) is 0 Å². The molecule has 0 atom stereocenters. The van der Waals surface area contributed by atoms with Crippen molar-refractivity contribution >= 4 is 23.1 Å². The Hall–Kier alpha value is -1.63. The second-order valence-corrected chi connectivity index (χ2v) is 3.56. The number of carbonyl (C=O) groups excluding carboxylic acids is 1. The number of halogens is 4. The topological polar surface area (TPSA) is 60.2 Å². The monoisotopic (exact) mass is 267 g/mol. The van der Waals surface area contributed by atoms with Gasteiger partial charge in [0.05, 0.1) is 4.92 Å². The van der Waals surface area contributed by atoms with Crippen LogP contribution in [0.4, 0.5) is 18.9 Å². The molecule has 17 heavy (non-hydrogen) atoms. The van der Waals surface area contributed by atoms with E-state index in [-0.39, 0.29) is 10.6 Å². The molecule has 0 spiro atoms. The van der Waals surface area contributed by atoms with Gasteiger partial charge < -0.3 is 0 Å². The van der Waals surface area contributed by atoms with E-state index in [0.717, 1.165) is 12.1 Å². The zero-order chi connectivity index (χ0) is 13.2. The number of hydrogen-bond acceptors (Lipinski definition) is 3. The van der Waals surface area contributed by atoms with Crippen LogP contribution in [0.1, 0.15) is 5.56 Å². The molecule has 0 heterocycles. The third-order valence-corrected chi connectivity index (χ3v) is 2.14. The fraction of sp³-hybridized carbons (Fsp3) is 0.222. The molecule has 0 saturated heterocycles. The highest BCUT2D eigenvalue weighted by molar-refractivity contribution is 6.30. The number of nitrogens with zero attached hydrogens (tertiary/aromatic N) is 1. The summed E-state index contributed by atoms with van der Waals surface area (Å²) < 4.78 is 36.0. The van der Waals surface area contributed by atoms with Gasteiger partial charge in [0.1, 0.15) is 0 Å². The zero-order valence-electron chi connectivity index (χ0n) is 8.12. The van der Waals surface area contributed by atoms with Crippen LogP contribution in [0, 0.1) is 10.1 Å². The van der Waals surface area contributed by atoms with Gasteiger partial charge in [-0.05, 0) is 12.1 Å². The standard InChI is InChI=1S/C9H5ClF3NO3/c10-6-1-2-7(14(16)17)5(3-6)4-8(15)9(11,12)13/h1-3H,4H2. The summed E-state index contributed by atoms with van der Waals surface area (Å²) >= 11 is 5.50. The number of nitro benzene ring substituents is 1. The maximum Gasteiger partial charge on any atom is 0.450 e. The minimum atomic E-state index is -5.02. The summed E-state index contributed by atoms with van der Waals surface area (Å²) in [5.74, 6) is -2.05. The van der Waals surface area contributed by atoms with Crippen LogP contribution in [0.2, 0.25) is 5.02 Å². The van der Waals surface area contributed by atoms with Gasteiger partial charge in [-0.1, -0.05) is 11.6 Å². The molecule has 0 aliphatic carbocycles. The molecule has 0 aromatic heterocycles. The van der Waals surface area contributed by atoms with Crippen molar-refractivity contribution in [1.82, 2.24) is 0 Å². The third kappa shape index (κ3) is 3.42. The van der Waals surface area contributed by atoms with Gasteiger partial charge in [-0.3, -0.25) is 14.9 Å². The van der Waals surface area contributed by atoms with Gasteiger partial charge in [-0.25, -0.2) is 0 Å². The molecule has 1 aromatic rings. The summed E-state index contributed by atoms with van der Waals surface area (Å²) in [7, 11) is 0. The lowest BCUT2D eigenvalue weighted by molar-refractivity contribution is -0.385. The van der Waals surface area contributed by atoms with E-state index in [1.165, 1.54) is 6.07 Å². The van der Waals surface area contributed by atoms with Crippen molar-refractivity contribution in [2.75, 3.05) is 0 Å². The molecule has 8 heteroatoms. The SMILES string of the molecule is O=C(Cc1cc(Cl)ccc1[N+](=O)[O-])C(F)(F)F. The van der Waals surface area contributed by atoms with Crippen LogP contribution in [0.3, 0.4) is 0 Å². The molecular formula is C9H5ClF3NO3. The van der Waals surface area contributed by atoms with Gasteiger partial charge in [0.2, 0.25) is 5.78 Å². The van der Waals surface area contributed by atoms with Crippen LogP contribution in [0.25, 0.3) is 0 Å². The first-order valence-corrected chi connectivity index (χ1v) is 4.62. The van der Waals surface area contributed by atoms with E-state index in [1.807, 2.05) is 0 Å².